The lowest BCUT2D eigenvalue weighted by Gasteiger charge is -2.30. The van der Waals surface area contributed by atoms with Gasteiger partial charge in [-0.05, 0) is 73.3 Å². The highest BCUT2D eigenvalue weighted by Crippen LogP contribution is 2.20. The van der Waals surface area contributed by atoms with Crippen LogP contribution < -0.4 is 16.0 Å². The molecule has 51 heavy (non-hydrogen) atoms. The average Bonchev–Trinajstić information content (AvgIpc) is 3.82. The molecule has 11 nitrogen and oxygen atoms in total. The fourth-order valence-corrected chi connectivity index (χ4v) is 6.79. The van der Waals surface area contributed by atoms with Gasteiger partial charge in [-0.2, -0.15) is 4.37 Å². The van der Waals surface area contributed by atoms with E-state index in [4.69, 9.17) is 4.74 Å². The second-order valence-corrected chi connectivity index (χ2v) is 14.4. The maximum Gasteiger partial charge on any atom is 0.407 e. The molecule has 0 aliphatic carbocycles. The van der Waals surface area contributed by atoms with Gasteiger partial charge >= 0.3 is 12.1 Å². The lowest BCUT2D eigenvalue weighted by molar-refractivity contribution is -0.124. The molecule has 0 saturated carbocycles. The van der Waals surface area contributed by atoms with E-state index >= 15 is 0 Å². The molecule has 272 valence electrons. The Labute approximate surface area is 308 Å². The van der Waals surface area contributed by atoms with E-state index < -0.39 is 36.4 Å². The maximum absolute atomic E-state index is 13.9. The summed E-state index contributed by atoms with van der Waals surface area (Å²) < 4.78 is 9.57. The molecule has 0 fully saturated rings. The van der Waals surface area contributed by atoms with Crippen molar-refractivity contribution in [2.75, 3.05) is 7.05 Å². The molecule has 4 atom stereocenters. The summed E-state index contributed by atoms with van der Waals surface area (Å²) in [6.07, 6.45) is 1.15. The molecule has 2 heterocycles. The Kier molecular flexibility index (Phi) is 15.1. The van der Waals surface area contributed by atoms with E-state index in [1.807, 2.05) is 99.8 Å². The molecule has 13 heteroatoms. The quantitative estimate of drug-likeness (QED) is 0.101. The number of aromatic nitrogens is 2. The predicted octanol–water partition coefficient (Wildman–Crippen LogP) is 6.21. The minimum absolute atomic E-state index is 0.00829. The number of carbonyl (C=O) groups is 3. The molecule has 4 rings (SSSR count). The highest BCUT2D eigenvalue weighted by Gasteiger charge is 2.31. The van der Waals surface area contributed by atoms with Crippen molar-refractivity contribution in [3.63, 3.8) is 0 Å². The van der Waals surface area contributed by atoms with Crippen LogP contribution in [0.2, 0.25) is 0 Å². The van der Waals surface area contributed by atoms with Crippen LogP contribution in [0.4, 0.5) is 9.59 Å². The topological polar surface area (TPSA) is 146 Å². The Morgan fingerprint density at radius 2 is 1.61 bits per heavy atom. The summed E-state index contributed by atoms with van der Waals surface area (Å²) in [5, 5.41) is 25.2. The lowest BCUT2D eigenvalue weighted by atomic mass is 9.93. The largest absolute Gasteiger partial charge is 0.443 e. The van der Waals surface area contributed by atoms with E-state index in [0.29, 0.717) is 18.5 Å². The number of thiazole rings is 1. The SMILES string of the molecule is CC=C(C)c1nc(CN(C)C(=O)N[C@H](C(=O)N[C@@H](Cc2ccccc2)C[C@H](O)[C@H](Cc2ccccc2)NC(=O)OCc2ccsn2)C(C)C)cs1. The minimum Gasteiger partial charge on any atom is -0.443 e. The third-order valence-electron chi connectivity index (χ3n) is 8.40. The van der Waals surface area contributed by atoms with E-state index in [1.165, 1.54) is 27.8 Å². The van der Waals surface area contributed by atoms with Gasteiger partial charge in [0.15, 0.2) is 0 Å². The molecule has 0 radical (unpaired) electrons. The van der Waals surface area contributed by atoms with Gasteiger partial charge in [-0.1, -0.05) is 80.6 Å². The van der Waals surface area contributed by atoms with Crippen LogP contribution >= 0.6 is 22.9 Å². The Balaban J connectivity index is 1.46. The van der Waals surface area contributed by atoms with Gasteiger partial charge in [0.1, 0.15) is 17.7 Å². The summed E-state index contributed by atoms with van der Waals surface area (Å²) in [7, 11) is 1.67. The van der Waals surface area contributed by atoms with Crippen molar-refractivity contribution in [3.05, 3.63) is 111 Å². The monoisotopic (exact) mass is 732 g/mol. The smallest absolute Gasteiger partial charge is 0.407 e. The molecule has 4 N–H and O–H groups in total. The number of ether oxygens (including phenoxy) is 1. The first-order valence-electron chi connectivity index (χ1n) is 17.0. The summed E-state index contributed by atoms with van der Waals surface area (Å²) in [5.74, 6) is -0.595. The fraction of sp³-hybridized carbons (Fsp3) is 0.395. The lowest BCUT2D eigenvalue weighted by Crippen LogP contribution is -2.55. The number of aliphatic hydroxyl groups is 1. The van der Waals surface area contributed by atoms with Crippen molar-refractivity contribution in [2.24, 2.45) is 5.92 Å². The Hall–Kier alpha value is -4.59. The summed E-state index contributed by atoms with van der Waals surface area (Å²) >= 11 is 2.79. The molecule has 0 bridgehead atoms. The molecule has 0 aliphatic heterocycles. The van der Waals surface area contributed by atoms with Crippen LogP contribution in [0.1, 0.15) is 61.6 Å². The zero-order valence-electron chi connectivity index (χ0n) is 29.7. The van der Waals surface area contributed by atoms with Crippen molar-refractivity contribution in [3.8, 4) is 0 Å². The number of aliphatic hydroxyl groups excluding tert-OH is 1. The van der Waals surface area contributed by atoms with Crippen LogP contribution in [0.3, 0.4) is 0 Å². The number of nitrogens with one attached hydrogen (secondary N) is 3. The number of hydrogen-bond acceptors (Lipinski definition) is 9. The standard InChI is InChI=1S/C38H48N6O5S2/c1-6-26(4)36-40-31(24-50-36)22-44(5)37(47)42-34(25(2)3)35(46)39-30(19-27-13-9-7-10-14-27)21-33(45)32(20-28-15-11-8-12-16-28)41-38(48)49-23-29-17-18-51-43-29/h6-18,24-25,30,32-34,45H,19-23H2,1-5H3,(H,39,46)(H,41,48)(H,42,47)/t30-,32-,33-,34-/m0/s1. The van der Waals surface area contributed by atoms with E-state index in [0.717, 1.165) is 27.4 Å². The first-order chi connectivity index (χ1) is 24.5. The highest BCUT2D eigenvalue weighted by molar-refractivity contribution is 7.10. The molecule has 4 amide bonds. The van der Waals surface area contributed by atoms with Gasteiger partial charge in [0.25, 0.3) is 0 Å². The van der Waals surface area contributed by atoms with Gasteiger partial charge in [0, 0.05) is 23.8 Å². The molecule has 0 saturated heterocycles. The van der Waals surface area contributed by atoms with E-state index in [-0.39, 0.29) is 31.4 Å². The Morgan fingerprint density at radius 1 is 0.941 bits per heavy atom. The van der Waals surface area contributed by atoms with Gasteiger partial charge in [0.05, 0.1) is 30.1 Å². The Bertz CT molecular complexity index is 1700. The number of alkyl carbamates (subject to hydrolysis) is 1. The van der Waals surface area contributed by atoms with Crippen LogP contribution in [0.15, 0.2) is 83.6 Å². The molecule has 2 aromatic carbocycles. The van der Waals surface area contributed by atoms with E-state index in [2.05, 4.69) is 25.3 Å². The number of carbonyl (C=O) groups excluding carboxylic acids is 3. The van der Waals surface area contributed by atoms with Crippen LogP contribution in [-0.4, -0.2) is 68.7 Å². The van der Waals surface area contributed by atoms with Gasteiger partial charge in [-0.25, -0.2) is 14.6 Å². The van der Waals surface area contributed by atoms with Crippen molar-refractivity contribution >= 4 is 46.5 Å². The van der Waals surface area contributed by atoms with Crippen LogP contribution in [-0.2, 0) is 35.5 Å². The first-order valence-corrected chi connectivity index (χ1v) is 18.7. The number of benzene rings is 2. The number of nitrogens with zero attached hydrogens (tertiary/aromatic N) is 3. The minimum atomic E-state index is -1.06. The van der Waals surface area contributed by atoms with Crippen molar-refractivity contribution in [1.29, 1.82) is 0 Å². The highest BCUT2D eigenvalue weighted by atomic mass is 32.1. The van der Waals surface area contributed by atoms with Gasteiger partial charge in [0.2, 0.25) is 5.91 Å². The third-order valence-corrected chi connectivity index (χ3v) is 10.0. The van der Waals surface area contributed by atoms with E-state index in [1.54, 1.807) is 18.5 Å². The molecular weight excluding hydrogens is 685 g/mol. The van der Waals surface area contributed by atoms with Crippen molar-refractivity contribution < 1.29 is 24.2 Å². The molecule has 0 aliphatic rings. The summed E-state index contributed by atoms with van der Waals surface area (Å²) in [4.78, 5) is 46.2. The molecule has 4 aromatic rings. The summed E-state index contributed by atoms with van der Waals surface area (Å²) in [6.45, 7) is 7.99. The van der Waals surface area contributed by atoms with Crippen LogP contribution in [0.5, 0.6) is 0 Å². The molecule has 2 aromatic heterocycles. The van der Waals surface area contributed by atoms with Crippen molar-refractivity contribution in [2.45, 2.75) is 84.3 Å². The normalized spacial score (nSPS) is 13.9. The second kappa shape index (κ2) is 19.7. The van der Waals surface area contributed by atoms with Crippen LogP contribution in [0.25, 0.3) is 5.57 Å². The van der Waals surface area contributed by atoms with Gasteiger partial charge in [-0.15, -0.1) is 11.3 Å². The first kappa shape index (κ1) is 39.2. The van der Waals surface area contributed by atoms with E-state index in [9.17, 15) is 19.5 Å². The number of urea groups is 1. The predicted molar refractivity (Wildman–Crippen MR) is 202 cm³/mol. The zero-order chi connectivity index (χ0) is 36.8. The van der Waals surface area contributed by atoms with Gasteiger partial charge < -0.3 is 30.7 Å². The molecule has 0 unspecified atom stereocenters. The number of hydrogen-bond donors (Lipinski definition) is 4. The average molecular weight is 733 g/mol. The number of allylic oxidation sites excluding steroid dienone is 2. The van der Waals surface area contributed by atoms with Gasteiger partial charge in [-0.3, -0.25) is 4.79 Å². The fourth-order valence-electron chi connectivity index (χ4n) is 5.41. The zero-order valence-corrected chi connectivity index (χ0v) is 31.4. The van der Waals surface area contributed by atoms with Crippen LogP contribution in [0, 0.1) is 5.92 Å². The number of rotatable bonds is 17. The van der Waals surface area contributed by atoms with Crippen molar-refractivity contribution in [1.82, 2.24) is 30.2 Å². The summed E-state index contributed by atoms with van der Waals surface area (Å²) in [5.41, 5.74) is 4.35. The summed E-state index contributed by atoms with van der Waals surface area (Å²) in [6, 6.07) is 18.5. The third kappa shape index (κ3) is 12.6. The second-order valence-electron chi connectivity index (χ2n) is 12.8. The molecule has 0 spiro atoms. The maximum atomic E-state index is 13.9. The Morgan fingerprint density at radius 3 is 2.22 bits per heavy atom. The molecular formula is C38H48N6O5S2. The number of amides is 4.